The first-order valence-corrected chi connectivity index (χ1v) is 10.1. The van der Waals surface area contributed by atoms with Crippen LogP contribution in [0.25, 0.3) is 11.4 Å². The number of aryl methyl sites for hydroxylation is 1. The summed E-state index contributed by atoms with van der Waals surface area (Å²) in [6, 6.07) is 6.26. The number of nitrogens with one attached hydrogen (secondary N) is 1. The average molecular weight is 369 g/mol. The Morgan fingerprint density at radius 2 is 2.00 bits per heavy atom. The Bertz CT molecular complexity index is 801. The maximum absolute atomic E-state index is 11.1. The molecule has 0 bridgehead atoms. The number of thioether (sulfide) groups is 1. The maximum atomic E-state index is 11.1. The molecule has 0 amide bonds. The number of piperidine rings is 1. The van der Waals surface area contributed by atoms with Crippen molar-refractivity contribution in [1.82, 2.24) is 15.3 Å². The van der Waals surface area contributed by atoms with Crippen LogP contribution in [-0.2, 0) is 17.0 Å². The second-order valence-electron chi connectivity index (χ2n) is 7.05. The minimum Gasteiger partial charge on any atom is -0.487 e. The lowest BCUT2D eigenvalue weighted by molar-refractivity contribution is -0.109. The molecule has 1 aromatic carbocycles. The minimum atomic E-state index is 0.0201. The van der Waals surface area contributed by atoms with E-state index in [1.807, 2.05) is 6.07 Å². The highest BCUT2D eigenvalue weighted by molar-refractivity contribution is 8.12. The van der Waals surface area contributed by atoms with Gasteiger partial charge in [0.15, 0.2) is 10.9 Å². The highest BCUT2D eigenvalue weighted by Gasteiger charge is 2.37. The summed E-state index contributed by atoms with van der Waals surface area (Å²) in [5.41, 5.74) is 3.24. The minimum absolute atomic E-state index is 0.0201. The fourth-order valence-corrected chi connectivity index (χ4v) is 4.18. The molecule has 5 nitrogen and oxygen atoms in total. The molecule has 0 saturated carbocycles. The first-order chi connectivity index (χ1) is 12.6. The monoisotopic (exact) mass is 369 g/mol. The second kappa shape index (κ2) is 7.37. The molecule has 0 atom stereocenters. The largest absolute Gasteiger partial charge is 0.487 e. The van der Waals surface area contributed by atoms with Crippen molar-refractivity contribution >= 4 is 16.9 Å². The van der Waals surface area contributed by atoms with Crippen molar-refractivity contribution in [2.24, 2.45) is 0 Å². The predicted octanol–water partition coefficient (Wildman–Crippen LogP) is 3.37. The van der Waals surface area contributed by atoms with E-state index in [1.54, 1.807) is 19.3 Å². The van der Waals surface area contributed by atoms with E-state index in [4.69, 9.17) is 4.74 Å². The third kappa shape index (κ3) is 3.76. The quantitative estimate of drug-likeness (QED) is 0.895. The third-order valence-electron chi connectivity index (χ3n) is 5.16. The van der Waals surface area contributed by atoms with Crippen LogP contribution in [0.4, 0.5) is 0 Å². The Balaban J connectivity index is 1.50. The lowest BCUT2D eigenvalue weighted by atomic mass is 9.83. The number of benzene rings is 1. The van der Waals surface area contributed by atoms with Crippen molar-refractivity contribution in [3.63, 3.8) is 0 Å². The average Bonchev–Trinajstić information content (AvgIpc) is 2.67. The number of hydrogen-bond donors (Lipinski definition) is 1. The van der Waals surface area contributed by atoms with Crippen LogP contribution < -0.4 is 10.1 Å². The molecule has 4 rings (SSSR count). The summed E-state index contributed by atoms with van der Waals surface area (Å²) in [5, 5.41) is 3.52. The van der Waals surface area contributed by atoms with E-state index in [1.165, 1.54) is 17.3 Å². The summed E-state index contributed by atoms with van der Waals surface area (Å²) < 4.78 is 6.41. The molecule has 1 saturated heterocycles. The van der Waals surface area contributed by atoms with Gasteiger partial charge in [0.1, 0.15) is 11.4 Å². The number of nitrogens with zero attached hydrogens (tertiary/aromatic N) is 2. The van der Waals surface area contributed by atoms with Crippen LogP contribution in [-0.4, -0.2) is 33.8 Å². The summed E-state index contributed by atoms with van der Waals surface area (Å²) in [7, 11) is 0. The number of hydrogen-bond acceptors (Lipinski definition) is 6. The van der Waals surface area contributed by atoms with Gasteiger partial charge in [0.05, 0.1) is 0 Å². The van der Waals surface area contributed by atoms with E-state index in [-0.39, 0.29) is 10.7 Å². The number of carbonyl (C=O) groups is 1. The van der Waals surface area contributed by atoms with Gasteiger partial charge in [-0.3, -0.25) is 4.79 Å². The summed E-state index contributed by atoms with van der Waals surface area (Å²) in [6.07, 6.45) is 7.88. The van der Waals surface area contributed by atoms with Crippen molar-refractivity contribution in [3.8, 4) is 17.1 Å². The molecule has 1 aromatic heterocycles. The van der Waals surface area contributed by atoms with Gasteiger partial charge in [0.25, 0.3) is 0 Å². The summed E-state index contributed by atoms with van der Waals surface area (Å²) in [5.74, 6) is 2.34. The zero-order valence-corrected chi connectivity index (χ0v) is 15.8. The molecule has 0 unspecified atom stereocenters. The van der Waals surface area contributed by atoms with E-state index < -0.39 is 0 Å². The highest BCUT2D eigenvalue weighted by Crippen LogP contribution is 2.39. The van der Waals surface area contributed by atoms with E-state index >= 15 is 0 Å². The SMILES string of the molecule is CC(=O)SCc1cnc(-c2ccc3c(c2)CCC2(CCNCC2)O3)nc1. The molecular formula is C20H23N3O2S. The second-order valence-corrected chi connectivity index (χ2v) is 8.21. The van der Waals surface area contributed by atoms with Crippen LogP contribution in [0.3, 0.4) is 0 Å². The van der Waals surface area contributed by atoms with Gasteiger partial charge in [-0.2, -0.15) is 0 Å². The Morgan fingerprint density at radius 3 is 2.73 bits per heavy atom. The van der Waals surface area contributed by atoms with Crippen LogP contribution in [0.1, 0.15) is 37.3 Å². The number of rotatable bonds is 3. The fraction of sp³-hybridized carbons (Fsp3) is 0.450. The zero-order valence-electron chi connectivity index (χ0n) is 15.0. The molecule has 6 heteroatoms. The van der Waals surface area contributed by atoms with Crippen molar-refractivity contribution in [2.45, 2.75) is 44.0 Å². The van der Waals surface area contributed by atoms with Crippen molar-refractivity contribution < 1.29 is 9.53 Å². The van der Waals surface area contributed by atoms with Crippen molar-refractivity contribution in [2.75, 3.05) is 13.1 Å². The Morgan fingerprint density at radius 1 is 1.23 bits per heavy atom. The molecule has 1 spiro atoms. The van der Waals surface area contributed by atoms with Gasteiger partial charge in [-0.15, -0.1) is 0 Å². The molecule has 1 N–H and O–H groups in total. The van der Waals surface area contributed by atoms with Crippen molar-refractivity contribution in [1.29, 1.82) is 0 Å². The van der Waals surface area contributed by atoms with Crippen LogP contribution in [0.2, 0.25) is 0 Å². The molecular weight excluding hydrogens is 346 g/mol. The summed E-state index contributed by atoms with van der Waals surface area (Å²) >= 11 is 1.28. The number of aromatic nitrogens is 2. The van der Waals surface area contributed by atoms with Crippen molar-refractivity contribution in [3.05, 3.63) is 41.7 Å². The zero-order chi connectivity index (χ0) is 18.0. The lowest BCUT2D eigenvalue weighted by Gasteiger charge is -2.41. The van der Waals surface area contributed by atoms with Gasteiger partial charge < -0.3 is 10.1 Å². The first kappa shape index (κ1) is 17.5. The number of ether oxygens (including phenoxy) is 1. The molecule has 3 heterocycles. The molecule has 0 aliphatic carbocycles. The van der Waals surface area contributed by atoms with Gasteiger partial charge in [-0.1, -0.05) is 11.8 Å². The standard InChI is InChI=1S/C20H23N3O2S/c1-14(24)26-13-15-11-22-19(23-12-15)17-2-3-18-16(10-17)4-5-20(25-18)6-8-21-9-7-20/h2-3,10-12,21H,4-9,13H2,1H3. The molecule has 0 radical (unpaired) electrons. The predicted molar refractivity (Wildman–Crippen MR) is 103 cm³/mol. The Hall–Kier alpha value is -1.92. The van der Waals surface area contributed by atoms with Gasteiger partial charge in [0.2, 0.25) is 0 Å². The van der Waals surface area contributed by atoms with E-state index in [0.29, 0.717) is 11.6 Å². The fourth-order valence-electron chi connectivity index (χ4n) is 3.66. The molecule has 1 fully saturated rings. The van der Waals surface area contributed by atoms with E-state index in [0.717, 1.165) is 55.6 Å². The van der Waals surface area contributed by atoms with Gasteiger partial charge in [-0.25, -0.2) is 9.97 Å². The molecule has 2 aliphatic heterocycles. The maximum Gasteiger partial charge on any atom is 0.186 e. The normalized spacial score (nSPS) is 18.2. The van der Waals surface area contributed by atoms with E-state index in [9.17, 15) is 4.79 Å². The number of carbonyl (C=O) groups excluding carboxylic acids is 1. The van der Waals surface area contributed by atoms with Gasteiger partial charge in [-0.05, 0) is 68.1 Å². The van der Waals surface area contributed by atoms with Crippen LogP contribution in [0.5, 0.6) is 5.75 Å². The van der Waals surface area contributed by atoms with Gasteiger partial charge >= 0.3 is 0 Å². The highest BCUT2D eigenvalue weighted by atomic mass is 32.2. The van der Waals surface area contributed by atoms with Crippen LogP contribution in [0.15, 0.2) is 30.6 Å². The Labute approximate surface area is 158 Å². The summed E-state index contributed by atoms with van der Waals surface area (Å²) in [4.78, 5) is 20.0. The first-order valence-electron chi connectivity index (χ1n) is 9.11. The summed E-state index contributed by atoms with van der Waals surface area (Å²) in [6.45, 7) is 3.65. The molecule has 26 heavy (non-hydrogen) atoms. The molecule has 2 aliphatic rings. The molecule has 136 valence electrons. The molecule has 2 aromatic rings. The Kier molecular flexibility index (Phi) is 4.96. The lowest BCUT2D eigenvalue weighted by Crippen LogP contribution is -2.48. The van der Waals surface area contributed by atoms with Crippen LogP contribution >= 0.6 is 11.8 Å². The topological polar surface area (TPSA) is 64.1 Å². The third-order valence-corrected chi connectivity index (χ3v) is 6.04. The number of fused-ring (bicyclic) bond motifs is 1. The van der Waals surface area contributed by atoms with Gasteiger partial charge in [0, 0.05) is 30.6 Å². The van der Waals surface area contributed by atoms with E-state index in [2.05, 4.69) is 27.4 Å². The smallest absolute Gasteiger partial charge is 0.186 e. The van der Waals surface area contributed by atoms with Crippen LogP contribution in [0, 0.1) is 0 Å².